The zero-order valence-electron chi connectivity index (χ0n) is 10.5. The predicted octanol–water partition coefficient (Wildman–Crippen LogP) is 3.01. The van der Waals surface area contributed by atoms with Crippen molar-refractivity contribution in [2.45, 2.75) is 19.8 Å². The van der Waals surface area contributed by atoms with E-state index in [1.54, 1.807) is 11.3 Å². The summed E-state index contributed by atoms with van der Waals surface area (Å²) in [6, 6.07) is 2.08. The molecule has 0 amide bonds. The monoisotopic (exact) mass is 236 g/mol. The van der Waals surface area contributed by atoms with Crippen molar-refractivity contribution in [3.8, 4) is 0 Å². The van der Waals surface area contributed by atoms with Gasteiger partial charge >= 0.3 is 0 Å². The fraction of sp³-hybridized carbons (Fsp3) is 0.500. The smallest absolute Gasteiger partial charge is 0.272 e. The Morgan fingerprint density at radius 3 is 2.50 bits per heavy atom. The average Bonchev–Trinajstić information content (AvgIpc) is 2.59. The largest absolute Gasteiger partial charge is 0.288 e. The van der Waals surface area contributed by atoms with Gasteiger partial charge in [0, 0.05) is 6.20 Å². The lowest BCUT2D eigenvalue weighted by atomic mass is 10.0. The number of nitrogens with zero attached hydrogens (tertiary/aromatic N) is 3. The molecule has 0 atom stereocenters. The fourth-order valence-corrected chi connectivity index (χ4v) is 2.55. The molecule has 0 N–H and O–H groups in total. The summed E-state index contributed by atoms with van der Waals surface area (Å²) in [4.78, 5) is 10.2. The highest BCUT2D eigenvalue weighted by Gasteiger charge is 2.20. The maximum atomic E-state index is 4.73. The minimum absolute atomic E-state index is 0.493. The second-order valence-electron chi connectivity index (χ2n) is 5.22. The van der Waals surface area contributed by atoms with E-state index >= 15 is 0 Å². The summed E-state index contributed by atoms with van der Waals surface area (Å²) in [6.45, 7) is 4.39. The molecular weight excluding hydrogens is 218 g/mol. The number of pyridine rings is 1. The fourth-order valence-electron chi connectivity index (χ4n) is 1.59. The van der Waals surface area contributed by atoms with Gasteiger partial charge in [-0.05, 0) is 28.9 Å². The van der Waals surface area contributed by atoms with Crippen molar-refractivity contribution in [1.29, 1.82) is 0 Å². The maximum absolute atomic E-state index is 4.73. The van der Waals surface area contributed by atoms with Crippen LogP contribution in [-0.4, -0.2) is 31.1 Å². The third kappa shape index (κ3) is 1.95. The highest BCUT2D eigenvalue weighted by Crippen LogP contribution is 2.32. The van der Waals surface area contributed by atoms with Gasteiger partial charge in [0.25, 0.3) is 5.13 Å². The van der Waals surface area contributed by atoms with Gasteiger partial charge in [-0.25, -0.2) is 4.98 Å². The lowest BCUT2D eigenvalue weighted by molar-refractivity contribution is 0.484. The first-order chi connectivity index (χ1) is 7.39. The first-order valence-electron chi connectivity index (χ1n) is 5.47. The molecule has 2 heterocycles. The second kappa shape index (κ2) is 3.79. The molecule has 2 rings (SSSR count). The zero-order valence-corrected chi connectivity index (χ0v) is 11.3. The molecule has 0 fully saturated rings. The Hall–Kier alpha value is -1.00. The van der Waals surface area contributed by atoms with Gasteiger partial charge in [-0.15, -0.1) is 0 Å². The van der Waals surface area contributed by atoms with Gasteiger partial charge in [0.05, 0.1) is 21.1 Å². The Balaban J connectivity index is 2.66. The van der Waals surface area contributed by atoms with E-state index in [2.05, 4.69) is 46.0 Å². The molecule has 86 valence electrons. The van der Waals surface area contributed by atoms with Crippen LogP contribution in [0.4, 0.5) is 5.13 Å². The summed E-state index contributed by atoms with van der Waals surface area (Å²) >= 11 is 1.69. The Labute approximate surface area is 100 Å². The van der Waals surface area contributed by atoms with Crippen molar-refractivity contribution in [2.24, 2.45) is 0 Å². The molecule has 4 heteroatoms. The van der Waals surface area contributed by atoms with Gasteiger partial charge in [0.2, 0.25) is 0 Å². The number of hydrogen-bond donors (Lipinski definition) is 0. The van der Waals surface area contributed by atoms with Crippen LogP contribution in [0.1, 0.15) is 25.3 Å². The van der Waals surface area contributed by atoms with E-state index in [-0.39, 0.29) is 0 Å². The molecule has 0 aromatic carbocycles. The van der Waals surface area contributed by atoms with Crippen LogP contribution in [0, 0.1) is 0 Å². The number of fused-ring (bicyclic) bond motifs is 1. The Kier molecular flexibility index (Phi) is 2.72. The highest BCUT2D eigenvalue weighted by molar-refractivity contribution is 7.21. The van der Waals surface area contributed by atoms with Crippen LogP contribution in [0.15, 0.2) is 12.3 Å². The van der Waals surface area contributed by atoms with E-state index in [0.29, 0.717) is 5.92 Å². The number of aromatic nitrogens is 2. The number of rotatable bonds is 2. The van der Waals surface area contributed by atoms with Gasteiger partial charge in [-0.2, -0.15) is 4.98 Å². The predicted molar refractivity (Wildman–Crippen MR) is 71.1 cm³/mol. The first kappa shape index (κ1) is 11.5. The quantitative estimate of drug-likeness (QED) is 0.749. The van der Waals surface area contributed by atoms with Crippen LogP contribution in [-0.2, 0) is 0 Å². The molecule has 0 saturated heterocycles. The average molecular weight is 236 g/mol. The van der Waals surface area contributed by atoms with Crippen molar-refractivity contribution in [3.05, 3.63) is 17.8 Å². The maximum Gasteiger partial charge on any atom is 0.288 e. The van der Waals surface area contributed by atoms with Crippen LogP contribution in [0.2, 0.25) is 0 Å². The SMILES string of the molecule is CC(C)c1ccnc2sc([N+](C)(C)C)nc12. The van der Waals surface area contributed by atoms with E-state index in [1.807, 2.05) is 6.20 Å². The van der Waals surface area contributed by atoms with E-state index < -0.39 is 0 Å². The van der Waals surface area contributed by atoms with E-state index in [1.165, 1.54) is 5.56 Å². The van der Waals surface area contributed by atoms with Gasteiger partial charge in [0.1, 0.15) is 10.3 Å². The van der Waals surface area contributed by atoms with Crippen LogP contribution in [0.25, 0.3) is 10.3 Å². The highest BCUT2D eigenvalue weighted by atomic mass is 32.1. The van der Waals surface area contributed by atoms with Crippen LogP contribution < -0.4 is 4.48 Å². The molecule has 0 unspecified atom stereocenters. The summed E-state index contributed by atoms with van der Waals surface area (Å²) in [5.41, 5.74) is 2.37. The number of hydrogen-bond acceptors (Lipinski definition) is 3. The Bertz CT molecular complexity index is 508. The summed E-state index contributed by atoms with van der Waals surface area (Å²) in [6.07, 6.45) is 1.88. The van der Waals surface area contributed by atoms with Gasteiger partial charge in [-0.1, -0.05) is 13.8 Å². The van der Waals surface area contributed by atoms with Crippen LogP contribution in [0.5, 0.6) is 0 Å². The van der Waals surface area contributed by atoms with Crippen LogP contribution in [0.3, 0.4) is 0 Å². The Morgan fingerprint density at radius 1 is 1.25 bits per heavy atom. The van der Waals surface area contributed by atoms with Gasteiger partial charge in [-0.3, -0.25) is 4.48 Å². The molecule has 0 aliphatic carbocycles. The normalized spacial score (nSPS) is 12.6. The van der Waals surface area contributed by atoms with E-state index in [0.717, 1.165) is 20.0 Å². The summed E-state index contributed by atoms with van der Waals surface area (Å²) < 4.78 is 0.749. The third-order valence-corrected chi connectivity index (χ3v) is 3.83. The van der Waals surface area contributed by atoms with Crippen LogP contribution >= 0.6 is 11.3 Å². The van der Waals surface area contributed by atoms with Crippen molar-refractivity contribution in [1.82, 2.24) is 14.5 Å². The second-order valence-corrected chi connectivity index (χ2v) is 6.17. The van der Waals surface area contributed by atoms with Crippen molar-refractivity contribution in [2.75, 3.05) is 21.1 Å². The lowest BCUT2D eigenvalue weighted by Crippen LogP contribution is -2.34. The van der Waals surface area contributed by atoms with Gasteiger partial charge in [0.15, 0.2) is 0 Å². The molecule has 0 saturated carbocycles. The van der Waals surface area contributed by atoms with Gasteiger partial charge < -0.3 is 0 Å². The minimum atomic E-state index is 0.493. The van der Waals surface area contributed by atoms with Crippen molar-refractivity contribution in [3.63, 3.8) is 0 Å². The third-order valence-electron chi connectivity index (χ3n) is 2.51. The first-order valence-corrected chi connectivity index (χ1v) is 6.28. The molecule has 0 bridgehead atoms. The molecule has 2 aromatic rings. The minimum Gasteiger partial charge on any atom is -0.272 e. The van der Waals surface area contributed by atoms with E-state index in [4.69, 9.17) is 4.98 Å². The summed E-state index contributed by atoms with van der Waals surface area (Å²) in [5.74, 6) is 0.493. The zero-order chi connectivity index (χ0) is 11.9. The topological polar surface area (TPSA) is 25.8 Å². The molecule has 0 aliphatic heterocycles. The molecule has 0 radical (unpaired) electrons. The molecule has 16 heavy (non-hydrogen) atoms. The van der Waals surface area contributed by atoms with E-state index in [9.17, 15) is 0 Å². The standard InChI is InChI=1S/C12H18N3S/c1-8(2)9-6-7-13-11-10(9)14-12(16-11)15(3,4)5/h6-8H,1-5H3/q+1. The molecule has 0 aliphatic rings. The molecular formula is C12H18N3S+. The summed E-state index contributed by atoms with van der Waals surface area (Å²) in [7, 11) is 6.40. The molecule has 3 nitrogen and oxygen atoms in total. The summed E-state index contributed by atoms with van der Waals surface area (Å²) in [5, 5.41) is 1.11. The number of quaternary nitrogens is 1. The molecule has 0 spiro atoms. The van der Waals surface area contributed by atoms with Crippen molar-refractivity contribution >= 4 is 26.8 Å². The van der Waals surface area contributed by atoms with Crippen molar-refractivity contribution < 1.29 is 0 Å². The lowest BCUT2D eigenvalue weighted by Gasteiger charge is -2.18. The Morgan fingerprint density at radius 2 is 1.94 bits per heavy atom. The molecule has 2 aromatic heterocycles. The number of thiazole rings is 1.